The molecule has 0 saturated heterocycles. The lowest BCUT2D eigenvalue weighted by Gasteiger charge is -2.11. The summed E-state index contributed by atoms with van der Waals surface area (Å²) in [6.07, 6.45) is 2.22. The Kier molecular flexibility index (Phi) is 5.49. The number of hydrogen-bond acceptors (Lipinski definition) is 3. The van der Waals surface area contributed by atoms with E-state index < -0.39 is 0 Å². The van der Waals surface area contributed by atoms with Crippen LogP contribution in [0.25, 0.3) is 11.0 Å². The molecule has 0 aliphatic carbocycles. The minimum atomic E-state index is 0.206. The number of benzene rings is 2. The number of aryl methyl sites for hydroxylation is 1. The van der Waals surface area contributed by atoms with Crippen LogP contribution in [0, 0.1) is 0 Å². The molecule has 0 aliphatic rings. The van der Waals surface area contributed by atoms with Crippen molar-refractivity contribution in [3.05, 3.63) is 59.9 Å². The Labute approximate surface area is 143 Å². The Morgan fingerprint density at radius 3 is 2.83 bits per heavy atom. The minimum Gasteiger partial charge on any atom is -0.491 e. The Bertz CT molecular complexity index is 746. The highest BCUT2D eigenvalue weighted by Gasteiger charge is 2.02. The van der Waals surface area contributed by atoms with Gasteiger partial charge in [0.1, 0.15) is 11.6 Å². The van der Waals surface area contributed by atoms with Gasteiger partial charge in [-0.15, -0.1) is 0 Å². The summed E-state index contributed by atoms with van der Waals surface area (Å²) in [6.45, 7) is 5.91. The lowest BCUT2D eigenvalue weighted by molar-refractivity contribution is 0.242. The molecule has 4 nitrogen and oxygen atoms in total. The third-order valence-electron chi connectivity index (χ3n) is 3.80. The molecule has 2 N–H and O–H groups in total. The van der Waals surface area contributed by atoms with Gasteiger partial charge in [0.15, 0.2) is 0 Å². The normalized spacial score (nSPS) is 11.3. The molecule has 4 heteroatoms. The lowest BCUT2D eigenvalue weighted by Crippen LogP contribution is -2.15. The van der Waals surface area contributed by atoms with Gasteiger partial charge in [-0.25, -0.2) is 4.98 Å². The minimum absolute atomic E-state index is 0.206. The van der Waals surface area contributed by atoms with Crippen LogP contribution in [0.1, 0.15) is 31.7 Å². The number of aromatic amines is 1. The van der Waals surface area contributed by atoms with E-state index in [0.29, 0.717) is 0 Å². The van der Waals surface area contributed by atoms with E-state index in [1.807, 2.05) is 44.2 Å². The van der Waals surface area contributed by atoms with Crippen molar-refractivity contribution in [2.45, 2.75) is 39.3 Å². The quantitative estimate of drug-likeness (QED) is 0.614. The zero-order valence-electron chi connectivity index (χ0n) is 14.4. The van der Waals surface area contributed by atoms with Gasteiger partial charge in [-0.3, -0.25) is 0 Å². The van der Waals surface area contributed by atoms with Crippen LogP contribution in [0.4, 0.5) is 0 Å². The predicted octanol–water partition coefficient (Wildman–Crippen LogP) is 4.07. The van der Waals surface area contributed by atoms with Gasteiger partial charge in [-0.05, 0) is 56.6 Å². The molecule has 0 amide bonds. The third-order valence-corrected chi connectivity index (χ3v) is 3.80. The fourth-order valence-electron chi connectivity index (χ4n) is 2.74. The molecular weight excluding hydrogens is 298 g/mol. The average molecular weight is 323 g/mol. The van der Waals surface area contributed by atoms with E-state index in [9.17, 15) is 0 Å². The highest BCUT2D eigenvalue weighted by molar-refractivity contribution is 5.74. The maximum Gasteiger partial charge on any atom is 0.120 e. The van der Waals surface area contributed by atoms with E-state index >= 15 is 0 Å². The highest BCUT2D eigenvalue weighted by atomic mass is 16.5. The van der Waals surface area contributed by atoms with Crippen molar-refractivity contribution in [1.82, 2.24) is 15.3 Å². The summed E-state index contributed by atoms with van der Waals surface area (Å²) in [5.74, 6) is 2.00. The van der Waals surface area contributed by atoms with E-state index in [-0.39, 0.29) is 6.10 Å². The number of imidazole rings is 1. The summed E-state index contributed by atoms with van der Waals surface area (Å²) >= 11 is 0. The van der Waals surface area contributed by atoms with Crippen LogP contribution < -0.4 is 10.1 Å². The molecule has 3 rings (SSSR count). The molecule has 2 aromatic carbocycles. The van der Waals surface area contributed by atoms with E-state index in [1.165, 1.54) is 5.56 Å². The van der Waals surface area contributed by atoms with Crippen molar-refractivity contribution >= 4 is 11.0 Å². The molecule has 0 saturated carbocycles. The Morgan fingerprint density at radius 2 is 2.00 bits per heavy atom. The largest absolute Gasteiger partial charge is 0.491 e. The number of fused-ring (bicyclic) bond motifs is 1. The van der Waals surface area contributed by atoms with Gasteiger partial charge >= 0.3 is 0 Å². The van der Waals surface area contributed by atoms with Gasteiger partial charge in [-0.2, -0.15) is 0 Å². The van der Waals surface area contributed by atoms with Crippen molar-refractivity contribution in [3.8, 4) is 5.75 Å². The van der Waals surface area contributed by atoms with Crippen LogP contribution in [0.3, 0.4) is 0 Å². The number of hydrogen-bond donors (Lipinski definition) is 2. The van der Waals surface area contributed by atoms with Gasteiger partial charge in [0.25, 0.3) is 0 Å². The monoisotopic (exact) mass is 323 g/mol. The Hall–Kier alpha value is -2.33. The van der Waals surface area contributed by atoms with Crippen molar-refractivity contribution < 1.29 is 4.74 Å². The van der Waals surface area contributed by atoms with Crippen molar-refractivity contribution in [2.24, 2.45) is 0 Å². The topological polar surface area (TPSA) is 49.9 Å². The van der Waals surface area contributed by atoms with Gasteiger partial charge in [-0.1, -0.05) is 24.3 Å². The fraction of sp³-hybridized carbons (Fsp3) is 0.350. The van der Waals surface area contributed by atoms with Crippen LogP contribution in [0.15, 0.2) is 48.5 Å². The number of ether oxygens (including phenoxy) is 1. The molecule has 1 heterocycles. The molecule has 0 unspecified atom stereocenters. The summed E-state index contributed by atoms with van der Waals surface area (Å²) in [4.78, 5) is 7.98. The molecule has 0 radical (unpaired) electrons. The average Bonchev–Trinajstić information content (AvgIpc) is 2.97. The summed E-state index contributed by atoms with van der Waals surface area (Å²) in [5, 5.41) is 3.49. The first kappa shape index (κ1) is 16.5. The molecule has 3 aromatic rings. The Balaban J connectivity index is 1.42. The van der Waals surface area contributed by atoms with Gasteiger partial charge in [0, 0.05) is 13.0 Å². The van der Waals surface area contributed by atoms with Crippen LogP contribution in [0.5, 0.6) is 5.75 Å². The molecule has 1 aromatic heterocycles. The van der Waals surface area contributed by atoms with E-state index in [4.69, 9.17) is 4.74 Å². The zero-order valence-corrected chi connectivity index (χ0v) is 14.4. The van der Waals surface area contributed by atoms with Gasteiger partial charge in [0.2, 0.25) is 0 Å². The van der Waals surface area contributed by atoms with Crippen LogP contribution in [-0.4, -0.2) is 22.6 Å². The smallest absolute Gasteiger partial charge is 0.120 e. The number of H-pyrrole nitrogens is 1. The lowest BCUT2D eigenvalue weighted by atomic mass is 10.2. The van der Waals surface area contributed by atoms with Crippen molar-refractivity contribution in [3.63, 3.8) is 0 Å². The second-order valence-corrected chi connectivity index (χ2v) is 6.29. The van der Waals surface area contributed by atoms with Crippen molar-refractivity contribution in [2.75, 3.05) is 6.54 Å². The second-order valence-electron chi connectivity index (χ2n) is 6.29. The summed E-state index contributed by atoms with van der Waals surface area (Å²) in [5.41, 5.74) is 3.40. The van der Waals surface area contributed by atoms with E-state index in [0.717, 1.165) is 48.5 Å². The van der Waals surface area contributed by atoms with E-state index in [2.05, 4.69) is 33.5 Å². The third kappa shape index (κ3) is 4.59. The second kappa shape index (κ2) is 7.97. The number of para-hydroxylation sites is 2. The van der Waals surface area contributed by atoms with E-state index in [1.54, 1.807) is 0 Å². The number of nitrogens with zero attached hydrogens (tertiary/aromatic N) is 1. The molecule has 126 valence electrons. The molecule has 0 fully saturated rings. The molecule has 24 heavy (non-hydrogen) atoms. The van der Waals surface area contributed by atoms with Crippen LogP contribution in [0.2, 0.25) is 0 Å². The summed E-state index contributed by atoms with van der Waals surface area (Å²) < 4.78 is 5.73. The summed E-state index contributed by atoms with van der Waals surface area (Å²) in [7, 11) is 0. The summed E-state index contributed by atoms with van der Waals surface area (Å²) in [6, 6.07) is 16.4. The van der Waals surface area contributed by atoms with Gasteiger partial charge < -0.3 is 15.0 Å². The van der Waals surface area contributed by atoms with Crippen LogP contribution in [-0.2, 0) is 13.0 Å². The first-order chi connectivity index (χ1) is 11.7. The number of nitrogens with one attached hydrogen (secondary N) is 2. The first-order valence-electron chi connectivity index (χ1n) is 8.60. The molecule has 0 bridgehead atoms. The fourth-order valence-corrected chi connectivity index (χ4v) is 2.74. The standard InChI is InChI=1S/C20H25N3O/c1-15(2)24-17-8-5-7-16(13-17)14-21-12-6-11-20-22-18-9-3-4-10-19(18)23-20/h3-5,7-10,13,15,21H,6,11-12,14H2,1-2H3,(H,22,23). The number of rotatable bonds is 8. The van der Waals surface area contributed by atoms with Crippen LogP contribution >= 0.6 is 0 Å². The van der Waals surface area contributed by atoms with Crippen molar-refractivity contribution in [1.29, 1.82) is 0 Å². The molecular formula is C20H25N3O. The SMILES string of the molecule is CC(C)Oc1cccc(CNCCCc2nc3ccccc3[nH]2)c1. The predicted molar refractivity (Wildman–Crippen MR) is 98.3 cm³/mol. The molecule has 0 aliphatic heterocycles. The Morgan fingerprint density at radius 1 is 1.12 bits per heavy atom. The zero-order chi connectivity index (χ0) is 16.8. The highest BCUT2D eigenvalue weighted by Crippen LogP contribution is 2.15. The first-order valence-corrected chi connectivity index (χ1v) is 8.60. The maximum absolute atomic E-state index is 5.73. The molecule has 0 atom stereocenters. The van der Waals surface area contributed by atoms with Gasteiger partial charge in [0.05, 0.1) is 17.1 Å². The molecule has 0 spiro atoms. The number of aromatic nitrogens is 2. The maximum atomic E-state index is 5.73.